The van der Waals surface area contributed by atoms with Crippen LogP contribution in [0.4, 0.5) is 5.69 Å². The van der Waals surface area contributed by atoms with Gasteiger partial charge in [-0.15, -0.1) is 0 Å². The first-order chi connectivity index (χ1) is 8.65. The van der Waals surface area contributed by atoms with E-state index in [-0.39, 0.29) is 5.56 Å². The van der Waals surface area contributed by atoms with Gasteiger partial charge < -0.3 is 15.2 Å². The quantitative estimate of drug-likeness (QED) is 0.892. The van der Waals surface area contributed by atoms with Crippen molar-refractivity contribution in [3.63, 3.8) is 0 Å². The van der Waals surface area contributed by atoms with E-state index in [0.29, 0.717) is 5.69 Å². The molecule has 5 heteroatoms. The number of pyridine rings is 1. The molecule has 0 saturated carbocycles. The van der Waals surface area contributed by atoms with Crippen LogP contribution in [0.15, 0.2) is 23.1 Å². The number of nitrogen functional groups attached to an aromatic ring is 1. The van der Waals surface area contributed by atoms with Crippen molar-refractivity contribution in [1.82, 2.24) is 9.47 Å². The van der Waals surface area contributed by atoms with Gasteiger partial charge in [-0.1, -0.05) is 6.92 Å². The van der Waals surface area contributed by atoms with Gasteiger partial charge in [0.05, 0.1) is 0 Å². The summed E-state index contributed by atoms with van der Waals surface area (Å²) in [5.74, 6) is 1.22. The van der Waals surface area contributed by atoms with E-state index in [0.717, 1.165) is 31.3 Å². The minimum atomic E-state index is 0.0340. The molecular weight excluding hydrogens is 246 g/mol. The molecule has 0 bridgehead atoms. The molecular formula is C13H21N3OS. The predicted octanol–water partition coefficient (Wildman–Crippen LogP) is 1.26. The first kappa shape index (κ1) is 13.5. The Bertz CT molecular complexity index is 446. The van der Waals surface area contributed by atoms with Crippen LogP contribution in [0.25, 0.3) is 0 Å². The molecule has 100 valence electrons. The lowest BCUT2D eigenvalue weighted by molar-refractivity contribution is 0.277. The number of hydrogen-bond acceptors (Lipinski definition) is 4. The maximum Gasteiger partial charge on any atom is 0.250 e. The molecule has 0 spiro atoms. The number of nitrogens with two attached hydrogens (primary N) is 1. The smallest absolute Gasteiger partial charge is 0.250 e. The van der Waals surface area contributed by atoms with Crippen LogP contribution in [0.1, 0.15) is 13.3 Å². The van der Waals surface area contributed by atoms with Crippen molar-refractivity contribution >= 4 is 17.4 Å². The second-order valence-electron chi connectivity index (χ2n) is 4.83. The van der Waals surface area contributed by atoms with Crippen LogP contribution in [-0.4, -0.2) is 40.1 Å². The van der Waals surface area contributed by atoms with Gasteiger partial charge in [-0.3, -0.25) is 4.79 Å². The van der Waals surface area contributed by atoms with Crippen molar-refractivity contribution in [2.24, 2.45) is 0 Å². The molecule has 1 saturated heterocycles. The van der Waals surface area contributed by atoms with Crippen molar-refractivity contribution < 1.29 is 0 Å². The summed E-state index contributed by atoms with van der Waals surface area (Å²) in [6.45, 7) is 6.42. The Labute approximate surface area is 112 Å². The van der Waals surface area contributed by atoms with Crippen LogP contribution < -0.4 is 11.3 Å². The van der Waals surface area contributed by atoms with Gasteiger partial charge in [-0.25, -0.2) is 0 Å². The van der Waals surface area contributed by atoms with Crippen molar-refractivity contribution in [2.75, 3.05) is 31.1 Å². The lowest BCUT2D eigenvalue weighted by Crippen LogP contribution is -2.37. The second kappa shape index (κ2) is 6.29. The van der Waals surface area contributed by atoms with Crippen LogP contribution in [0, 0.1) is 0 Å². The monoisotopic (exact) mass is 267 g/mol. The Kier molecular flexibility index (Phi) is 4.72. The second-order valence-corrected chi connectivity index (χ2v) is 6.38. The van der Waals surface area contributed by atoms with Crippen LogP contribution >= 0.6 is 11.8 Å². The van der Waals surface area contributed by atoms with E-state index in [9.17, 15) is 4.79 Å². The Morgan fingerprint density at radius 2 is 2.28 bits per heavy atom. The molecule has 1 fully saturated rings. The Morgan fingerprint density at radius 3 is 3.06 bits per heavy atom. The van der Waals surface area contributed by atoms with E-state index >= 15 is 0 Å². The molecule has 1 atom stereocenters. The Morgan fingerprint density at radius 1 is 1.44 bits per heavy atom. The molecule has 4 nitrogen and oxygen atoms in total. The molecule has 0 aliphatic carbocycles. The van der Waals surface area contributed by atoms with Crippen LogP contribution in [0.2, 0.25) is 0 Å². The third kappa shape index (κ3) is 3.78. The van der Waals surface area contributed by atoms with Crippen LogP contribution in [0.3, 0.4) is 0 Å². The third-order valence-electron chi connectivity index (χ3n) is 3.20. The molecule has 1 aliphatic heterocycles. The van der Waals surface area contributed by atoms with Gasteiger partial charge in [0.2, 0.25) is 0 Å². The van der Waals surface area contributed by atoms with Crippen molar-refractivity contribution in [2.45, 2.75) is 25.1 Å². The van der Waals surface area contributed by atoms with Gasteiger partial charge in [0.15, 0.2) is 0 Å². The molecule has 1 aliphatic rings. The lowest BCUT2D eigenvalue weighted by Gasteiger charge is -2.30. The molecule has 0 radical (unpaired) electrons. The number of aryl methyl sites for hydroxylation is 1. The highest BCUT2D eigenvalue weighted by molar-refractivity contribution is 7.99. The highest BCUT2D eigenvalue weighted by Crippen LogP contribution is 2.17. The average molecular weight is 267 g/mol. The maximum atomic E-state index is 11.6. The number of aromatic nitrogens is 1. The number of hydrogen-bond donors (Lipinski definition) is 1. The van der Waals surface area contributed by atoms with Crippen molar-refractivity contribution in [3.05, 3.63) is 28.7 Å². The first-order valence-electron chi connectivity index (χ1n) is 6.45. The molecule has 2 N–H and O–H groups in total. The molecule has 2 rings (SSSR count). The fourth-order valence-electron chi connectivity index (χ4n) is 2.28. The summed E-state index contributed by atoms with van der Waals surface area (Å²) >= 11 is 2.04. The summed E-state index contributed by atoms with van der Waals surface area (Å²) in [5, 5.41) is 0.730. The van der Waals surface area contributed by atoms with Gasteiger partial charge >= 0.3 is 0 Å². The van der Waals surface area contributed by atoms with Gasteiger partial charge in [0.1, 0.15) is 0 Å². The average Bonchev–Trinajstić information content (AvgIpc) is 2.34. The van der Waals surface area contributed by atoms with E-state index in [1.54, 1.807) is 16.8 Å². The standard InChI is InChI=1S/C13H21N3OS/c1-11-9-15(7-8-18-11)5-2-6-16-10-12(14)3-4-13(16)17/h3-4,10-11H,2,5-9,14H2,1H3. The zero-order valence-corrected chi connectivity index (χ0v) is 11.7. The zero-order valence-electron chi connectivity index (χ0n) is 10.8. The molecule has 0 aromatic carbocycles. The topological polar surface area (TPSA) is 51.3 Å². The van der Waals surface area contributed by atoms with E-state index in [1.165, 1.54) is 18.4 Å². The largest absolute Gasteiger partial charge is 0.398 e. The number of thioether (sulfide) groups is 1. The number of rotatable bonds is 4. The molecule has 1 aromatic rings. The van der Waals surface area contributed by atoms with E-state index < -0.39 is 0 Å². The van der Waals surface area contributed by atoms with E-state index in [2.05, 4.69) is 11.8 Å². The van der Waals surface area contributed by atoms with Crippen molar-refractivity contribution in [3.8, 4) is 0 Å². The van der Waals surface area contributed by atoms with E-state index in [4.69, 9.17) is 5.73 Å². The number of anilines is 1. The number of nitrogens with zero attached hydrogens (tertiary/aromatic N) is 2. The summed E-state index contributed by atoms with van der Waals surface area (Å²) in [4.78, 5) is 14.1. The normalized spacial score (nSPS) is 21.1. The zero-order chi connectivity index (χ0) is 13.0. The summed E-state index contributed by atoms with van der Waals surface area (Å²) < 4.78 is 1.71. The summed E-state index contributed by atoms with van der Waals surface area (Å²) in [5.41, 5.74) is 6.37. The molecule has 0 amide bonds. The highest BCUT2D eigenvalue weighted by atomic mass is 32.2. The highest BCUT2D eigenvalue weighted by Gasteiger charge is 2.15. The van der Waals surface area contributed by atoms with Gasteiger partial charge in [-0.2, -0.15) is 11.8 Å². The predicted molar refractivity (Wildman–Crippen MR) is 78.1 cm³/mol. The summed E-state index contributed by atoms with van der Waals surface area (Å²) in [6, 6.07) is 3.19. The first-order valence-corrected chi connectivity index (χ1v) is 7.50. The maximum absolute atomic E-state index is 11.6. The van der Waals surface area contributed by atoms with Gasteiger partial charge in [-0.05, 0) is 19.0 Å². The Balaban J connectivity index is 1.81. The molecule has 2 heterocycles. The van der Waals surface area contributed by atoms with Gasteiger partial charge in [0, 0.05) is 48.6 Å². The summed E-state index contributed by atoms with van der Waals surface area (Å²) in [6.07, 6.45) is 2.73. The Hall–Kier alpha value is -0.940. The molecule has 1 aromatic heterocycles. The lowest BCUT2D eigenvalue weighted by atomic mass is 10.3. The fraction of sp³-hybridized carbons (Fsp3) is 0.615. The summed E-state index contributed by atoms with van der Waals surface area (Å²) in [7, 11) is 0. The minimum Gasteiger partial charge on any atom is -0.398 e. The molecule has 1 unspecified atom stereocenters. The van der Waals surface area contributed by atoms with Gasteiger partial charge in [0.25, 0.3) is 5.56 Å². The molecule has 18 heavy (non-hydrogen) atoms. The van der Waals surface area contributed by atoms with E-state index in [1.807, 2.05) is 11.8 Å². The van der Waals surface area contributed by atoms with Crippen LogP contribution in [0.5, 0.6) is 0 Å². The van der Waals surface area contributed by atoms with Crippen molar-refractivity contribution in [1.29, 1.82) is 0 Å². The third-order valence-corrected chi connectivity index (χ3v) is 4.34. The minimum absolute atomic E-state index is 0.0340. The SMILES string of the molecule is CC1CN(CCCn2cc(N)ccc2=O)CCS1. The van der Waals surface area contributed by atoms with Crippen LogP contribution in [-0.2, 0) is 6.54 Å². The fourth-order valence-corrected chi connectivity index (χ4v) is 3.37.